The highest BCUT2D eigenvalue weighted by Gasteiger charge is 2.51. The molecule has 0 amide bonds. The topological polar surface area (TPSA) is 236 Å². The molecule has 1 N–H and O–H groups in total. The number of benzene rings is 7. The number of nitrogens with zero attached hydrogens (tertiary/aromatic N) is 6. The number of aromatic nitrogens is 3. The molecule has 27 heteroatoms. The normalized spacial score (nSPS) is 16.5. The minimum Gasteiger partial charge on any atom is -0.506 e. The number of halogens is 4. The smallest absolute Gasteiger partial charge is 0.246 e. The lowest BCUT2D eigenvalue weighted by molar-refractivity contribution is 0.0171. The number of para-hydroxylation sites is 3. The van der Waals surface area contributed by atoms with Crippen LogP contribution in [0.4, 0.5) is 4.39 Å². The summed E-state index contributed by atoms with van der Waals surface area (Å²) >= 11 is 19.4. The lowest BCUT2D eigenvalue weighted by atomic mass is 9.96. The van der Waals surface area contributed by atoms with E-state index in [2.05, 4.69) is 21.0 Å². The molecule has 0 aliphatic heterocycles. The minimum atomic E-state index is -3.97. The van der Waals surface area contributed by atoms with Crippen molar-refractivity contribution in [1.29, 1.82) is 0 Å². The first-order valence-electron chi connectivity index (χ1n) is 37.9. The molecule has 20 nitrogen and oxygen atoms in total. The maximum atomic E-state index is 14.5. The van der Waals surface area contributed by atoms with Gasteiger partial charge < -0.3 is 38.3 Å². The van der Waals surface area contributed by atoms with Gasteiger partial charge in [-0.3, -0.25) is 15.0 Å². The molecule has 0 unspecified atom stereocenters. The van der Waals surface area contributed by atoms with E-state index in [4.69, 9.17) is 68.0 Å². The Hall–Kier alpha value is -8.60. The van der Waals surface area contributed by atoms with Crippen molar-refractivity contribution in [3.05, 3.63) is 254 Å². The lowest BCUT2D eigenvalue weighted by Crippen LogP contribution is -2.24. The molecule has 0 atom stereocenters. The monoisotopic (exact) mass is 1660 g/mol. The third-order valence-electron chi connectivity index (χ3n) is 21.1. The standard InChI is InChI=1S/C35H37ClN2O5S.C26H26ClFN2O4S.C26H27ClN2O5S/c1-38(2)44(39,40)34-21-26(32(36)20-25(34)11-8-24-9-12-27(41-3)13-10-24)23-42-35(17-18-35)31-22-37-19-16-29(31)30-6-4-5-7-33(30)43-28-14-15-28;1-30(2)35(31,32)25-13-17(22(27)14-23(25)28)16-33-26(10-11-26)21-15-29-12-9-19(21)20-5-3-4-6-24(20)34-18-7-8-18;1-29(2)35(31,32)25-13-17(22(27)14-23(25)30)16-33-26(10-11-26)21-15-28-12-9-19(21)20-5-3-4-6-24(20)34-18-7-8-18/h4-7,9-10,12-13,16,19-22,28H,8,11,14-15,17-18,23H2,1-3H3;3-6,9,12-15,18H,7-8,10-11,16H2,1-2H3;3-6,9,12-15,18,30H,7-8,10-11,16H2,1-2H3. The maximum absolute atomic E-state index is 14.5. The largest absolute Gasteiger partial charge is 0.506 e. The predicted molar refractivity (Wildman–Crippen MR) is 436 cm³/mol. The number of aryl methyl sites for hydroxylation is 2. The highest BCUT2D eigenvalue weighted by Crippen LogP contribution is 2.57. The fourth-order valence-corrected chi connectivity index (χ4v) is 17.4. The summed E-state index contributed by atoms with van der Waals surface area (Å²) in [5, 5.41) is 11.1. The van der Waals surface area contributed by atoms with Crippen LogP contribution in [0.25, 0.3) is 33.4 Å². The number of methoxy groups -OCH3 is 1. The van der Waals surface area contributed by atoms with E-state index in [1.54, 1.807) is 51.9 Å². The molecule has 598 valence electrons. The molecule has 6 aliphatic carbocycles. The van der Waals surface area contributed by atoms with Crippen molar-refractivity contribution in [2.24, 2.45) is 0 Å². The Labute approximate surface area is 681 Å². The van der Waals surface area contributed by atoms with E-state index in [1.165, 1.54) is 50.7 Å². The Bertz CT molecular complexity index is 5350. The Morgan fingerprint density at radius 1 is 0.421 bits per heavy atom. The number of ether oxygens (including phenoxy) is 7. The molecule has 0 saturated heterocycles. The second-order valence-electron chi connectivity index (χ2n) is 30.1. The van der Waals surface area contributed by atoms with Gasteiger partial charge in [-0.25, -0.2) is 42.6 Å². The second-order valence-corrected chi connectivity index (χ2v) is 37.7. The van der Waals surface area contributed by atoms with E-state index in [0.717, 1.165) is 170 Å². The van der Waals surface area contributed by atoms with Crippen molar-refractivity contribution in [1.82, 2.24) is 27.9 Å². The maximum Gasteiger partial charge on any atom is 0.246 e. The Morgan fingerprint density at radius 3 is 1.13 bits per heavy atom. The van der Waals surface area contributed by atoms with Crippen molar-refractivity contribution < 1.29 is 67.9 Å². The van der Waals surface area contributed by atoms with Crippen LogP contribution >= 0.6 is 34.8 Å². The van der Waals surface area contributed by atoms with Gasteiger partial charge >= 0.3 is 0 Å². The van der Waals surface area contributed by atoms with Crippen LogP contribution in [0.15, 0.2) is 204 Å². The zero-order valence-corrected chi connectivity index (χ0v) is 69.0. The number of hydrogen-bond acceptors (Lipinski definition) is 17. The molecule has 0 spiro atoms. The van der Waals surface area contributed by atoms with Gasteiger partial charge in [-0.2, -0.15) is 0 Å². The molecule has 6 aliphatic rings. The molecule has 6 fully saturated rings. The van der Waals surface area contributed by atoms with Gasteiger partial charge in [-0.05, 0) is 213 Å². The van der Waals surface area contributed by atoms with Gasteiger partial charge in [0.2, 0.25) is 30.1 Å². The quantitative estimate of drug-likeness (QED) is 0.0425. The molecule has 7 aromatic carbocycles. The Kier molecular flexibility index (Phi) is 24.4. The zero-order chi connectivity index (χ0) is 80.5. The molecular weight excluding hydrogens is 1570 g/mol. The van der Waals surface area contributed by atoms with Crippen LogP contribution in [0.3, 0.4) is 0 Å². The Balaban J connectivity index is 0.000000143. The number of phenolic OH excluding ortho intramolecular Hbond substituents is 1. The number of hydrogen-bond donors (Lipinski definition) is 1. The van der Waals surface area contributed by atoms with Crippen molar-refractivity contribution in [2.45, 2.75) is 160 Å². The molecule has 10 aromatic rings. The summed E-state index contributed by atoms with van der Waals surface area (Å²) < 4.78 is 138. The summed E-state index contributed by atoms with van der Waals surface area (Å²) in [6, 6.07) is 46.1. The summed E-state index contributed by atoms with van der Waals surface area (Å²) in [5.74, 6) is 2.03. The van der Waals surface area contributed by atoms with Crippen LogP contribution in [0.2, 0.25) is 15.1 Å². The summed E-state index contributed by atoms with van der Waals surface area (Å²) in [6.07, 6.45) is 24.1. The molecule has 16 rings (SSSR count). The molecule has 0 bridgehead atoms. The van der Waals surface area contributed by atoms with E-state index < -0.39 is 63.3 Å². The minimum absolute atomic E-state index is 0.0314. The highest BCUT2D eigenvalue weighted by molar-refractivity contribution is 7.89. The van der Waals surface area contributed by atoms with Crippen molar-refractivity contribution in [3.8, 4) is 62.1 Å². The van der Waals surface area contributed by atoms with Crippen LogP contribution in [0.1, 0.15) is 122 Å². The summed E-state index contributed by atoms with van der Waals surface area (Å²) in [6.45, 7) is 0.287. The van der Waals surface area contributed by atoms with Crippen LogP contribution in [0.5, 0.6) is 28.7 Å². The van der Waals surface area contributed by atoms with Gasteiger partial charge in [0.25, 0.3) is 0 Å². The van der Waals surface area contributed by atoms with E-state index in [-0.39, 0.29) is 58.0 Å². The average molecular weight is 1670 g/mol. The van der Waals surface area contributed by atoms with Crippen LogP contribution in [0, 0.1) is 5.82 Å². The molecule has 3 heterocycles. The van der Waals surface area contributed by atoms with Crippen LogP contribution in [-0.4, -0.2) is 126 Å². The van der Waals surface area contributed by atoms with E-state index in [9.17, 15) is 34.8 Å². The van der Waals surface area contributed by atoms with Crippen molar-refractivity contribution in [3.63, 3.8) is 0 Å². The number of phenols is 1. The first-order chi connectivity index (χ1) is 54.6. The summed E-state index contributed by atoms with van der Waals surface area (Å²) in [7, 11) is -1.30. The molecule has 3 aromatic heterocycles. The zero-order valence-electron chi connectivity index (χ0n) is 64.3. The first-order valence-corrected chi connectivity index (χ1v) is 43.3. The van der Waals surface area contributed by atoms with Crippen molar-refractivity contribution in [2.75, 3.05) is 49.4 Å². The number of sulfonamides is 3. The number of rotatable bonds is 31. The van der Waals surface area contributed by atoms with Gasteiger partial charge in [-0.1, -0.05) is 102 Å². The fraction of sp³-hybridized carbons (Fsp3) is 0.345. The SMILES string of the molecule is CN(C)S(=O)(=O)c1cc(COC2(c3cnccc3-c3ccccc3OC3CC3)CC2)c(Cl)cc1F.CN(C)S(=O)(=O)c1cc(COC2(c3cnccc3-c3ccccc3OC3CC3)CC2)c(Cl)cc1O.COc1ccc(CCc2cc(Cl)c(COC3(c4cnccc4-c4ccccc4OC4CC4)CC3)cc2S(=O)(=O)N(C)C)cc1. The Morgan fingerprint density at radius 2 is 0.763 bits per heavy atom. The predicted octanol–water partition coefficient (Wildman–Crippen LogP) is 17.8. The third-order valence-corrected chi connectivity index (χ3v) is 27.7. The van der Waals surface area contributed by atoms with E-state index >= 15 is 0 Å². The molecule has 114 heavy (non-hydrogen) atoms. The summed E-state index contributed by atoms with van der Waals surface area (Å²) in [5.41, 5.74) is 10.5. The third kappa shape index (κ3) is 18.5. The van der Waals surface area contributed by atoms with Gasteiger partial charge in [0.1, 0.15) is 44.4 Å². The average Bonchev–Trinajstić information content (AvgIpc) is 1.60. The fourth-order valence-electron chi connectivity index (χ4n) is 13.5. The van der Waals surface area contributed by atoms with Gasteiger partial charge in [-0.15, -0.1) is 0 Å². The summed E-state index contributed by atoms with van der Waals surface area (Å²) in [4.78, 5) is 12.8. The van der Waals surface area contributed by atoms with Crippen LogP contribution in [-0.2, 0) is 93.7 Å². The van der Waals surface area contributed by atoms with Gasteiger partial charge in [0.15, 0.2) is 0 Å². The van der Waals surface area contributed by atoms with E-state index in [1.807, 2.05) is 128 Å². The lowest BCUT2D eigenvalue weighted by Gasteiger charge is -2.23. The van der Waals surface area contributed by atoms with Crippen LogP contribution < -0.4 is 18.9 Å². The molecule has 6 saturated carbocycles. The second kappa shape index (κ2) is 33.9. The van der Waals surface area contributed by atoms with Gasteiger partial charge in [0, 0.05) is 134 Å². The number of pyridine rings is 3. The first kappa shape index (κ1) is 81.9. The van der Waals surface area contributed by atoms with E-state index in [0.29, 0.717) is 40.1 Å². The highest BCUT2D eigenvalue weighted by atomic mass is 35.5. The molecular formula is C87H90Cl3FN6O14S3. The number of aromatic hydroxyl groups is 1. The molecule has 0 radical (unpaired) electrons. The van der Waals surface area contributed by atoms with Gasteiger partial charge in [0.05, 0.1) is 66.9 Å². The van der Waals surface area contributed by atoms with Crippen molar-refractivity contribution >= 4 is 64.9 Å².